The van der Waals surface area contributed by atoms with E-state index in [1.807, 2.05) is 6.07 Å². The molecule has 0 aliphatic heterocycles. The van der Waals surface area contributed by atoms with E-state index >= 15 is 0 Å². The fourth-order valence-corrected chi connectivity index (χ4v) is 3.38. The first-order valence-electron chi connectivity index (χ1n) is 6.66. The van der Waals surface area contributed by atoms with Gasteiger partial charge in [0, 0.05) is 17.8 Å². The molecule has 1 aromatic heterocycles. The highest BCUT2D eigenvalue weighted by Crippen LogP contribution is 2.23. The van der Waals surface area contributed by atoms with Crippen LogP contribution >= 0.6 is 27.3 Å². The zero-order chi connectivity index (χ0) is 14.3. The van der Waals surface area contributed by atoms with Crippen LogP contribution in [0.1, 0.15) is 38.0 Å². The standard InChI is InChI=1S/C14H22BrNO2S/c1-10(2)8-11(17)9-16-14(18)5-3-4-12-6-7-13(15)19-12/h6-7,10-11,17H,3-5,8-9H2,1-2H3,(H,16,18). The van der Waals surface area contributed by atoms with Crippen molar-refractivity contribution in [2.24, 2.45) is 5.92 Å². The van der Waals surface area contributed by atoms with Crippen molar-refractivity contribution in [3.05, 3.63) is 20.8 Å². The number of carbonyl (C=O) groups excluding carboxylic acids is 1. The molecule has 19 heavy (non-hydrogen) atoms. The number of carbonyl (C=O) groups is 1. The number of halogens is 1. The van der Waals surface area contributed by atoms with E-state index < -0.39 is 6.10 Å². The molecule has 108 valence electrons. The van der Waals surface area contributed by atoms with Crippen LogP contribution in [0.4, 0.5) is 0 Å². The van der Waals surface area contributed by atoms with Gasteiger partial charge in [-0.2, -0.15) is 0 Å². The van der Waals surface area contributed by atoms with E-state index in [1.165, 1.54) is 4.88 Å². The lowest BCUT2D eigenvalue weighted by molar-refractivity contribution is -0.121. The second-order valence-corrected chi connectivity index (χ2v) is 7.69. The SMILES string of the molecule is CC(C)CC(O)CNC(=O)CCCc1ccc(Br)s1. The molecule has 1 heterocycles. The van der Waals surface area contributed by atoms with E-state index in [2.05, 4.69) is 41.2 Å². The normalized spacial score (nSPS) is 12.7. The Morgan fingerprint density at radius 2 is 2.21 bits per heavy atom. The number of aliphatic hydroxyl groups is 1. The third-order valence-electron chi connectivity index (χ3n) is 2.73. The zero-order valence-corrected chi connectivity index (χ0v) is 13.9. The average molecular weight is 348 g/mol. The molecular weight excluding hydrogens is 326 g/mol. The van der Waals surface area contributed by atoms with Crippen LogP contribution < -0.4 is 5.32 Å². The third-order valence-corrected chi connectivity index (χ3v) is 4.42. The van der Waals surface area contributed by atoms with E-state index in [-0.39, 0.29) is 5.91 Å². The Labute approximate surface area is 127 Å². The van der Waals surface area contributed by atoms with Crippen LogP contribution in [0.25, 0.3) is 0 Å². The molecule has 1 amide bonds. The molecule has 0 fully saturated rings. The Morgan fingerprint density at radius 1 is 1.47 bits per heavy atom. The summed E-state index contributed by atoms with van der Waals surface area (Å²) in [6, 6.07) is 4.11. The summed E-state index contributed by atoms with van der Waals surface area (Å²) in [6.07, 6.45) is 2.59. The van der Waals surface area contributed by atoms with Crippen molar-refractivity contribution in [1.29, 1.82) is 0 Å². The highest BCUT2D eigenvalue weighted by atomic mass is 79.9. The molecule has 0 aliphatic carbocycles. The van der Waals surface area contributed by atoms with Gasteiger partial charge in [0.1, 0.15) is 0 Å². The maximum atomic E-state index is 11.6. The minimum absolute atomic E-state index is 0.0263. The quantitative estimate of drug-likeness (QED) is 0.757. The second-order valence-electron chi connectivity index (χ2n) is 5.15. The first-order chi connectivity index (χ1) is 8.97. The molecular formula is C14H22BrNO2S. The molecule has 1 atom stereocenters. The topological polar surface area (TPSA) is 49.3 Å². The van der Waals surface area contributed by atoms with Crippen molar-refractivity contribution in [1.82, 2.24) is 5.32 Å². The summed E-state index contributed by atoms with van der Waals surface area (Å²) < 4.78 is 1.13. The number of thiophene rings is 1. The summed E-state index contributed by atoms with van der Waals surface area (Å²) in [5.74, 6) is 0.475. The maximum absolute atomic E-state index is 11.6. The Hall–Kier alpha value is -0.390. The Morgan fingerprint density at radius 3 is 2.79 bits per heavy atom. The van der Waals surface area contributed by atoms with Crippen LogP contribution in [0.15, 0.2) is 15.9 Å². The van der Waals surface area contributed by atoms with Crippen molar-refractivity contribution < 1.29 is 9.90 Å². The van der Waals surface area contributed by atoms with Crippen LogP contribution in [-0.4, -0.2) is 23.7 Å². The van der Waals surface area contributed by atoms with E-state index in [4.69, 9.17) is 0 Å². The molecule has 1 aromatic rings. The molecule has 0 spiro atoms. The summed E-state index contributed by atoms with van der Waals surface area (Å²) in [6.45, 7) is 4.48. The molecule has 1 rings (SSSR count). The lowest BCUT2D eigenvalue weighted by atomic mass is 10.1. The average Bonchev–Trinajstić information content (AvgIpc) is 2.71. The number of hydrogen-bond donors (Lipinski definition) is 2. The van der Waals surface area contributed by atoms with Gasteiger partial charge in [-0.15, -0.1) is 11.3 Å². The van der Waals surface area contributed by atoms with Gasteiger partial charge in [-0.05, 0) is 53.2 Å². The van der Waals surface area contributed by atoms with Crippen molar-refractivity contribution in [3.8, 4) is 0 Å². The van der Waals surface area contributed by atoms with Gasteiger partial charge in [0.25, 0.3) is 0 Å². The molecule has 0 radical (unpaired) electrons. The highest BCUT2D eigenvalue weighted by molar-refractivity contribution is 9.11. The largest absolute Gasteiger partial charge is 0.391 e. The van der Waals surface area contributed by atoms with Crippen LogP contribution in [0.5, 0.6) is 0 Å². The first-order valence-corrected chi connectivity index (χ1v) is 8.27. The number of aryl methyl sites for hydroxylation is 1. The number of aliphatic hydroxyl groups excluding tert-OH is 1. The Bertz CT molecular complexity index is 393. The van der Waals surface area contributed by atoms with Crippen LogP contribution in [0.3, 0.4) is 0 Å². The maximum Gasteiger partial charge on any atom is 0.220 e. The molecule has 2 N–H and O–H groups in total. The number of amides is 1. The minimum atomic E-state index is -0.433. The summed E-state index contributed by atoms with van der Waals surface area (Å²) in [5.41, 5.74) is 0. The molecule has 0 saturated carbocycles. The molecule has 0 aliphatic rings. The molecule has 1 unspecified atom stereocenters. The summed E-state index contributed by atoms with van der Waals surface area (Å²) in [4.78, 5) is 12.9. The predicted molar refractivity (Wildman–Crippen MR) is 83.4 cm³/mol. The third kappa shape index (κ3) is 7.70. The lowest BCUT2D eigenvalue weighted by Gasteiger charge is -2.13. The summed E-state index contributed by atoms with van der Waals surface area (Å²) in [7, 11) is 0. The monoisotopic (exact) mass is 347 g/mol. The lowest BCUT2D eigenvalue weighted by Crippen LogP contribution is -2.32. The fourth-order valence-electron chi connectivity index (χ4n) is 1.86. The minimum Gasteiger partial charge on any atom is -0.391 e. The van der Waals surface area contributed by atoms with Gasteiger partial charge < -0.3 is 10.4 Å². The molecule has 0 saturated heterocycles. The first kappa shape index (κ1) is 16.7. The van der Waals surface area contributed by atoms with Crippen molar-refractivity contribution >= 4 is 33.2 Å². The number of rotatable bonds is 8. The van der Waals surface area contributed by atoms with Gasteiger partial charge in [-0.1, -0.05) is 13.8 Å². The van der Waals surface area contributed by atoms with Crippen molar-refractivity contribution in [3.63, 3.8) is 0 Å². The van der Waals surface area contributed by atoms with Gasteiger partial charge in [0.2, 0.25) is 5.91 Å². The molecule has 0 bridgehead atoms. The van der Waals surface area contributed by atoms with Crippen LogP contribution in [0.2, 0.25) is 0 Å². The highest BCUT2D eigenvalue weighted by Gasteiger charge is 2.09. The van der Waals surface area contributed by atoms with Gasteiger partial charge in [0.15, 0.2) is 0 Å². The predicted octanol–water partition coefficient (Wildman–Crippen LogP) is 3.36. The van der Waals surface area contributed by atoms with Crippen LogP contribution in [0, 0.1) is 5.92 Å². The van der Waals surface area contributed by atoms with Gasteiger partial charge in [0.05, 0.1) is 9.89 Å². The number of hydrogen-bond acceptors (Lipinski definition) is 3. The van der Waals surface area contributed by atoms with E-state index in [0.717, 1.165) is 23.0 Å². The van der Waals surface area contributed by atoms with Crippen molar-refractivity contribution in [2.75, 3.05) is 6.54 Å². The van der Waals surface area contributed by atoms with E-state index in [0.29, 0.717) is 18.9 Å². The van der Waals surface area contributed by atoms with Gasteiger partial charge >= 0.3 is 0 Å². The van der Waals surface area contributed by atoms with Crippen LogP contribution in [-0.2, 0) is 11.2 Å². The second kappa shape index (κ2) is 8.72. The van der Waals surface area contributed by atoms with E-state index in [1.54, 1.807) is 11.3 Å². The Balaban J connectivity index is 2.11. The smallest absolute Gasteiger partial charge is 0.220 e. The molecule has 0 aromatic carbocycles. The fraction of sp³-hybridized carbons (Fsp3) is 0.643. The van der Waals surface area contributed by atoms with Crippen molar-refractivity contribution in [2.45, 2.75) is 45.6 Å². The molecule has 3 nitrogen and oxygen atoms in total. The zero-order valence-electron chi connectivity index (χ0n) is 11.5. The Kier molecular flexibility index (Phi) is 7.64. The number of nitrogens with one attached hydrogen (secondary N) is 1. The van der Waals surface area contributed by atoms with Gasteiger partial charge in [-0.25, -0.2) is 0 Å². The summed E-state index contributed by atoms with van der Waals surface area (Å²) >= 11 is 5.13. The van der Waals surface area contributed by atoms with E-state index in [9.17, 15) is 9.90 Å². The summed E-state index contributed by atoms with van der Waals surface area (Å²) in [5, 5.41) is 12.4. The van der Waals surface area contributed by atoms with Gasteiger partial charge in [-0.3, -0.25) is 4.79 Å². The molecule has 5 heteroatoms.